The van der Waals surface area contributed by atoms with Gasteiger partial charge in [-0.25, -0.2) is 8.42 Å². The van der Waals surface area contributed by atoms with Crippen molar-refractivity contribution in [2.24, 2.45) is 5.92 Å². The molecule has 0 aliphatic carbocycles. The van der Waals surface area contributed by atoms with E-state index in [4.69, 9.17) is 34.8 Å². The zero-order chi connectivity index (χ0) is 14.2. The minimum Gasteiger partial charge on any atom is -0.207 e. The normalized spacial score (nSPS) is 21.6. The number of sulfonamides is 1. The zero-order valence-electron chi connectivity index (χ0n) is 10.4. The molecule has 7 heteroatoms. The molecular formula is C12H14Cl3NO2S. The molecule has 0 spiro atoms. The fourth-order valence-electron chi connectivity index (χ4n) is 2.21. The maximum absolute atomic E-state index is 12.6. The molecule has 1 aromatic carbocycles. The molecule has 3 nitrogen and oxygen atoms in total. The highest BCUT2D eigenvalue weighted by Gasteiger charge is 2.30. The summed E-state index contributed by atoms with van der Waals surface area (Å²) in [5.74, 6) is 0.352. The maximum Gasteiger partial charge on any atom is 0.244 e. The van der Waals surface area contributed by atoms with Crippen molar-refractivity contribution in [3.63, 3.8) is 0 Å². The van der Waals surface area contributed by atoms with E-state index in [2.05, 4.69) is 0 Å². The van der Waals surface area contributed by atoms with E-state index < -0.39 is 10.0 Å². The van der Waals surface area contributed by atoms with E-state index in [1.54, 1.807) is 0 Å². The van der Waals surface area contributed by atoms with Crippen LogP contribution in [0.3, 0.4) is 0 Å². The van der Waals surface area contributed by atoms with Crippen LogP contribution in [-0.2, 0) is 10.0 Å². The highest BCUT2D eigenvalue weighted by atomic mass is 35.5. The predicted octanol–water partition coefficient (Wildman–Crippen LogP) is 4.07. The number of hydrogen-bond acceptors (Lipinski definition) is 2. The van der Waals surface area contributed by atoms with Gasteiger partial charge in [-0.05, 0) is 30.9 Å². The highest BCUT2D eigenvalue weighted by Crippen LogP contribution is 2.34. The van der Waals surface area contributed by atoms with Crippen molar-refractivity contribution in [2.75, 3.05) is 13.1 Å². The predicted molar refractivity (Wildman–Crippen MR) is 78.6 cm³/mol. The Hall–Kier alpha value is -0.000000000000000111. The quantitative estimate of drug-likeness (QED) is 0.760. The van der Waals surface area contributed by atoms with Gasteiger partial charge < -0.3 is 0 Å². The molecule has 1 aromatic rings. The van der Waals surface area contributed by atoms with Gasteiger partial charge in [0.1, 0.15) is 4.90 Å². The molecule has 1 fully saturated rings. The SMILES string of the molecule is C[C@@H]1CCCN(S(=O)(=O)c2cc(Cl)c(Cl)cc2Cl)C1. The van der Waals surface area contributed by atoms with Crippen molar-refractivity contribution in [1.29, 1.82) is 0 Å². The van der Waals surface area contributed by atoms with Crippen LogP contribution in [-0.4, -0.2) is 25.8 Å². The van der Waals surface area contributed by atoms with Crippen LogP contribution in [0.15, 0.2) is 17.0 Å². The van der Waals surface area contributed by atoms with Crippen LogP contribution in [0.1, 0.15) is 19.8 Å². The van der Waals surface area contributed by atoms with Gasteiger partial charge in [0, 0.05) is 13.1 Å². The average Bonchev–Trinajstić information content (AvgIpc) is 2.33. The number of nitrogens with zero attached hydrogens (tertiary/aromatic N) is 1. The van der Waals surface area contributed by atoms with Gasteiger partial charge in [-0.3, -0.25) is 0 Å². The molecule has 106 valence electrons. The number of piperidine rings is 1. The van der Waals surface area contributed by atoms with Crippen LogP contribution in [0.2, 0.25) is 15.1 Å². The second kappa shape index (κ2) is 5.78. The van der Waals surface area contributed by atoms with Crippen LogP contribution in [0, 0.1) is 5.92 Å². The summed E-state index contributed by atoms with van der Waals surface area (Å²) in [6.07, 6.45) is 1.90. The molecule has 0 aromatic heterocycles. The largest absolute Gasteiger partial charge is 0.244 e. The van der Waals surface area contributed by atoms with Crippen LogP contribution in [0.25, 0.3) is 0 Å². The summed E-state index contributed by atoms with van der Waals surface area (Å²) in [6, 6.07) is 2.69. The lowest BCUT2D eigenvalue weighted by Gasteiger charge is -2.30. The Kier molecular flexibility index (Phi) is 4.68. The molecule has 0 unspecified atom stereocenters. The first-order valence-electron chi connectivity index (χ1n) is 5.97. The van der Waals surface area contributed by atoms with Crippen molar-refractivity contribution < 1.29 is 8.42 Å². The van der Waals surface area contributed by atoms with E-state index in [9.17, 15) is 8.42 Å². The van der Waals surface area contributed by atoms with E-state index in [0.29, 0.717) is 19.0 Å². The maximum atomic E-state index is 12.6. The fourth-order valence-corrected chi connectivity index (χ4v) is 4.78. The van der Waals surface area contributed by atoms with Gasteiger partial charge in [-0.2, -0.15) is 4.31 Å². The van der Waals surface area contributed by atoms with Crippen LogP contribution in [0.5, 0.6) is 0 Å². The Morgan fingerprint density at radius 2 is 1.79 bits per heavy atom. The summed E-state index contributed by atoms with van der Waals surface area (Å²) < 4.78 is 26.6. The summed E-state index contributed by atoms with van der Waals surface area (Å²) in [6.45, 7) is 3.07. The van der Waals surface area contributed by atoms with Crippen LogP contribution < -0.4 is 0 Å². The molecule has 1 heterocycles. The lowest BCUT2D eigenvalue weighted by Crippen LogP contribution is -2.39. The van der Waals surface area contributed by atoms with Gasteiger partial charge >= 0.3 is 0 Å². The van der Waals surface area contributed by atoms with Crippen LogP contribution in [0.4, 0.5) is 0 Å². The monoisotopic (exact) mass is 341 g/mol. The first kappa shape index (κ1) is 15.4. The Balaban J connectivity index is 2.42. The lowest BCUT2D eigenvalue weighted by molar-refractivity contribution is 0.281. The van der Waals surface area contributed by atoms with Crippen molar-refractivity contribution in [2.45, 2.75) is 24.7 Å². The summed E-state index contributed by atoms with van der Waals surface area (Å²) in [5, 5.41) is 0.542. The third-order valence-electron chi connectivity index (χ3n) is 3.21. The Labute approximate surface area is 128 Å². The zero-order valence-corrected chi connectivity index (χ0v) is 13.5. The summed E-state index contributed by atoms with van der Waals surface area (Å²) in [4.78, 5) is 0.0256. The van der Waals surface area contributed by atoms with Crippen molar-refractivity contribution in [3.05, 3.63) is 27.2 Å². The number of rotatable bonds is 2. The third-order valence-corrected chi connectivity index (χ3v) is 6.26. The molecule has 2 rings (SSSR count). The standard InChI is InChI=1S/C12H14Cl3NO2S/c1-8-3-2-4-16(7-8)19(17,18)12-6-10(14)9(13)5-11(12)15/h5-6,8H,2-4,7H2,1H3/t8-/m1/s1. The Morgan fingerprint density at radius 3 is 2.42 bits per heavy atom. The molecule has 0 bridgehead atoms. The van der Waals surface area contributed by atoms with E-state index in [0.717, 1.165) is 12.8 Å². The van der Waals surface area contributed by atoms with Gasteiger partial charge in [0.15, 0.2) is 0 Å². The first-order chi connectivity index (χ1) is 8.82. The number of hydrogen-bond donors (Lipinski definition) is 0. The topological polar surface area (TPSA) is 37.4 Å². The van der Waals surface area contributed by atoms with E-state index in [1.807, 2.05) is 6.92 Å². The summed E-state index contributed by atoms with van der Waals surface area (Å²) in [5.41, 5.74) is 0. The Morgan fingerprint density at radius 1 is 1.16 bits per heavy atom. The van der Waals surface area contributed by atoms with Gasteiger partial charge in [0.2, 0.25) is 10.0 Å². The second-order valence-corrected chi connectivity index (χ2v) is 7.94. The van der Waals surface area contributed by atoms with Crippen LogP contribution >= 0.6 is 34.8 Å². The minimum atomic E-state index is -3.61. The molecule has 1 atom stereocenters. The number of halogens is 3. The van der Waals surface area contributed by atoms with Gasteiger partial charge in [0.25, 0.3) is 0 Å². The van der Waals surface area contributed by atoms with Crippen molar-refractivity contribution >= 4 is 44.8 Å². The van der Waals surface area contributed by atoms with Crippen molar-refractivity contribution in [1.82, 2.24) is 4.31 Å². The van der Waals surface area contributed by atoms with Gasteiger partial charge in [-0.1, -0.05) is 41.7 Å². The van der Waals surface area contributed by atoms with E-state index >= 15 is 0 Å². The molecule has 1 aliphatic heterocycles. The van der Waals surface area contributed by atoms with E-state index in [1.165, 1.54) is 16.4 Å². The molecule has 19 heavy (non-hydrogen) atoms. The van der Waals surface area contributed by atoms with Crippen molar-refractivity contribution in [3.8, 4) is 0 Å². The van der Waals surface area contributed by atoms with Gasteiger partial charge in [0.05, 0.1) is 15.1 Å². The molecular weight excluding hydrogens is 329 g/mol. The second-order valence-electron chi connectivity index (χ2n) is 4.81. The lowest BCUT2D eigenvalue weighted by atomic mass is 10.0. The first-order valence-corrected chi connectivity index (χ1v) is 8.54. The Bertz CT molecular complexity index is 589. The molecule has 0 radical (unpaired) electrons. The summed E-state index contributed by atoms with van der Waals surface area (Å²) in [7, 11) is -3.61. The fraction of sp³-hybridized carbons (Fsp3) is 0.500. The average molecular weight is 343 g/mol. The minimum absolute atomic E-state index is 0.0256. The molecule has 1 saturated heterocycles. The molecule has 0 saturated carbocycles. The smallest absolute Gasteiger partial charge is 0.207 e. The molecule has 0 N–H and O–H groups in total. The molecule has 1 aliphatic rings. The summed E-state index contributed by atoms with van der Waals surface area (Å²) >= 11 is 17.7. The highest BCUT2D eigenvalue weighted by molar-refractivity contribution is 7.89. The molecule has 0 amide bonds. The van der Waals surface area contributed by atoms with Gasteiger partial charge in [-0.15, -0.1) is 0 Å². The van der Waals surface area contributed by atoms with E-state index in [-0.39, 0.29) is 20.0 Å². The third kappa shape index (κ3) is 3.19. The number of benzene rings is 1.